The van der Waals surface area contributed by atoms with E-state index in [2.05, 4.69) is 10.6 Å². The molecule has 3 aromatic rings. The van der Waals surface area contributed by atoms with Crippen LogP contribution in [-0.4, -0.2) is 45.2 Å². The molecule has 32 heavy (non-hydrogen) atoms. The molecule has 0 aliphatic heterocycles. The third-order valence-corrected chi connectivity index (χ3v) is 6.27. The molecule has 2 N–H and O–H groups in total. The van der Waals surface area contributed by atoms with Gasteiger partial charge in [-0.15, -0.1) is 0 Å². The van der Waals surface area contributed by atoms with Crippen LogP contribution in [0.3, 0.4) is 0 Å². The molecule has 8 nitrogen and oxygen atoms in total. The normalized spacial score (nSPS) is 11.1. The lowest BCUT2D eigenvalue weighted by molar-refractivity contribution is -0.118. The average molecular weight is 454 g/mol. The first kappa shape index (κ1) is 23.0. The lowest BCUT2D eigenvalue weighted by Crippen LogP contribution is -2.23. The average Bonchev–Trinajstić information content (AvgIpc) is 2.79. The van der Waals surface area contributed by atoms with Gasteiger partial charge in [0.1, 0.15) is 5.75 Å². The van der Waals surface area contributed by atoms with Crippen molar-refractivity contribution in [3.8, 4) is 5.75 Å². The summed E-state index contributed by atoms with van der Waals surface area (Å²) in [5.74, 6) is -0.542. The Hall–Kier alpha value is -3.69. The van der Waals surface area contributed by atoms with E-state index < -0.39 is 15.9 Å². The maximum atomic E-state index is 12.6. The standard InChI is InChI=1S/C23H23N3O5S/c1-26(2)32(29,30)19-14-12-18(13-15-19)24-22(27)16-31-21-11-7-6-10-20(21)23(28)25-17-8-4-3-5-9-17/h3-15H,16H2,1-2H3,(H,24,27)(H,25,28). The van der Waals surface area contributed by atoms with Crippen LogP contribution in [0, 0.1) is 0 Å². The van der Waals surface area contributed by atoms with Crippen LogP contribution in [0.5, 0.6) is 5.75 Å². The number of sulfonamides is 1. The number of nitrogens with one attached hydrogen (secondary N) is 2. The molecule has 9 heteroatoms. The number of hydrogen-bond acceptors (Lipinski definition) is 5. The molecule has 0 heterocycles. The highest BCUT2D eigenvalue weighted by Gasteiger charge is 2.17. The molecule has 166 valence electrons. The molecule has 0 aliphatic rings. The molecule has 0 fully saturated rings. The molecular weight excluding hydrogens is 430 g/mol. The van der Waals surface area contributed by atoms with Crippen molar-refractivity contribution < 1.29 is 22.7 Å². The molecular formula is C23H23N3O5S. The fourth-order valence-corrected chi connectivity index (χ4v) is 3.66. The molecule has 3 rings (SSSR count). The lowest BCUT2D eigenvalue weighted by Gasteiger charge is -2.13. The second-order valence-corrected chi connectivity index (χ2v) is 9.12. The Morgan fingerprint density at radius 1 is 0.812 bits per heavy atom. The van der Waals surface area contributed by atoms with Crippen molar-refractivity contribution in [2.45, 2.75) is 4.90 Å². The van der Waals surface area contributed by atoms with Crippen molar-refractivity contribution in [1.82, 2.24) is 4.31 Å². The molecule has 3 aromatic carbocycles. The Morgan fingerprint density at radius 2 is 1.41 bits per heavy atom. The number of anilines is 2. The minimum atomic E-state index is -3.55. The van der Waals surface area contributed by atoms with E-state index in [9.17, 15) is 18.0 Å². The zero-order chi connectivity index (χ0) is 23.1. The summed E-state index contributed by atoms with van der Waals surface area (Å²) in [6, 6.07) is 21.4. The number of benzene rings is 3. The van der Waals surface area contributed by atoms with Gasteiger partial charge in [0.2, 0.25) is 10.0 Å². The first-order valence-corrected chi connectivity index (χ1v) is 11.1. The second-order valence-electron chi connectivity index (χ2n) is 6.96. The number of para-hydroxylation sites is 2. The summed E-state index contributed by atoms with van der Waals surface area (Å²) >= 11 is 0. The van der Waals surface area contributed by atoms with E-state index >= 15 is 0 Å². The summed E-state index contributed by atoms with van der Waals surface area (Å²) in [5, 5.41) is 5.42. The van der Waals surface area contributed by atoms with Crippen molar-refractivity contribution in [1.29, 1.82) is 0 Å². The van der Waals surface area contributed by atoms with Crippen LogP contribution in [0.15, 0.2) is 83.8 Å². The van der Waals surface area contributed by atoms with Gasteiger partial charge in [-0.3, -0.25) is 9.59 Å². The summed E-state index contributed by atoms with van der Waals surface area (Å²) in [6.07, 6.45) is 0. The maximum absolute atomic E-state index is 12.6. The molecule has 0 aromatic heterocycles. The summed E-state index contributed by atoms with van der Waals surface area (Å²) < 4.78 is 30.9. The fourth-order valence-electron chi connectivity index (χ4n) is 2.76. The second kappa shape index (κ2) is 10.1. The Balaban J connectivity index is 1.61. The molecule has 0 unspecified atom stereocenters. The molecule has 0 saturated carbocycles. The van der Waals surface area contributed by atoms with E-state index in [0.29, 0.717) is 16.9 Å². The highest BCUT2D eigenvalue weighted by atomic mass is 32.2. The number of carbonyl (C=O) groups excluding carboxylic acids is 2. The van der Waals surface area contributed by atoms with E-state index in [1.165, 1.54) is 38.4 Å². The van der Waals surface area contributed by atoms with Gasteiger partial charge in [0.25, 0.3) is 11.8 Å². The van der Waals surface area contributed by atoms with Crippen molar-refractivity contribution in [3.05, 3.63) is 84.4 Å². The van der Waals surface area contributed by atoms with Gasteiger partial charge in [-0.2, -0.15) is 0 Å². The van der Waals surface area contributed by atoms with Crippen molar-refractivity contribution >= 4 is 33.2 Å². The predicted molar refractivity (Wildman–Crippen MR) is 122 cm³/mol. The van der Waals surface area contributed by atoms with Crippen LogP contribution < -0.4 is 15.4 Å². The van der Waals surface area contributed by atoms with E-state index in [0.717, 1.165) is 4.31 Å². The highest BCUT2D eigenvalue weighted by Crippen LogP contribution is 2.20. The zero-order valence-electron chi connectivity index (χ0n) is 17.6. The summed E-state index contributed by atoms with van der Waals surface area (Å²) in [7, 11) is -0.656. The molecule has 0 atom stereocenters. The van der Waals surface area contributed by atoms with Gasteiger partial charge in [0, 0.05) is 25.5 Å². The van der Waals surface area contributed by atoms with Gasteiger partial charge in [0.05, 0.1) is 10.5 Å². The molecule has 2 amide bonds. The third-order valence-electron chi connectivity index (χ3n) is 4.44. The molecule has 0 saturated heterocycles. The van der Waals surface area contributed by atoms with Crippen LogP contribution in [0.25, 0.3) is 0 Å². The summed E-state index contributed by atoms with van der Waals surface area (Å²) in [5.41, 5.74) is 1.36. The largest absolute Gasteiger partial charge is 0.483 e. The molecule has 0 aliphatic carbocycles. The number of amides is 2. The van der Waals surface area contributed by atoms with Crippen molar-refractivity contribution in [2.75, 3.05) is 31.3 Å². The number of ether oxygens (including phenoxy) is 1. The Kier molecular flexibility index (Phi) is 7.24. The monoisotopic (exact) mass is 453 g/mol. The van der Waals surface area contributed by atoms with E-state index in [-0.39, 0.29) is 23.2 Å². The summed E-state index contributed by atoms with van der Waals surface area (Å²) in [4.78, 5) is 25.0. The zero-order valence-corrected chi connectivity index (χ0v) is 18.4. The molecule has 0 radical (unpaired) electrons. The summed E-state index contributed by atoms with van der Waals surface area (Å²) in [6.45, 7) is -0.326. The van der Waals surface area contributed by atoms with E-state index in [1.54, 1.807) is 36.4 Å². The van der Waals surface area contributed by atoms with Gasteiger partial charge in [-0.05, 0) is 48.5 Å². The van der Waals surface area contributed by atoms with Gasteiger partial charge >= 0.3 is 0 Å². The highest BCUT2D eigenvalue weighted by molar-refractivity contribution is 7.89. The van der Waals surface area contributed by atoms with Crippen LogP contribution in [0.4, 0.5) is 11.4 Å². The topological polar surface area (TPSA) is 105 Å². The first-order valence-electron chi connectivity index (χ1n) is 9.68. The van der Waals surface area contributed by atoms with Crippen molar-refractivity contribution in [2.24, 2.45) is 0 Å². The third kappa shape index (κ3) is 5.71. The van der Waals surface area contributed by atoms with E-state index in [1.807, 2.05) is 18.2 Å². The van der Waals surface area contributed by atoms with Crippen LogP contribution >= 0.6 is 0 Å². The number of hydrogen-bond donors (Lipinski definition) is 2. The predicted octanol–water partition coefficient (Wildman–Crippen LogP) is 3.21. The van der Waals surface area contributed by atoms with Gasteiger partial charge in [-0.25, -0.2) is 12.7 Å². The SMILES string of the molecule is CN(C)S(=O)(=O)c1ccc(NC(=O)COc2ccccc2C(=O)Nc2ccccc2)cc1. The molecule has 0 spiro atoms. The van der Waals surface area contributed by atoms with Gasteiger partial charge in [-0.1, -0.05) is 30.3 Å². The lowest BCUT2D eigenvalue weighted by atomic mass is 10.2. The van der Waals surface area contributed by atoms with Gasteiger partial charge in [0.15, 0.2) is 6.61 Å². The minimum Gasteiger partial charge on any atom is -0.483 e. The Labute approximate surface area is 186 Å². The van der Waals surface area contributed by atoms with Crippen LogP contribution in [-0.2, 0) is 14.8 Å². The Morgan fingerprint density at radius 3 is 2.06 bits per heavy atom. The Bertz CT molecular complexity index is 1190. The smallest absolute Gasteiger partial charge is 0.262 e. The van der Waals surface area contributed by atoms with Crippen LogP contribution in [0.1, 0.15) is 10.4 Å². The number of nitrogens with zero attached hydrogens (tertiary/aromatic N) is 1. The minimum absolute atomic E-state index is 0.120. The maximum Gasteiger partial charge on any atom is 0.262 e. The van der Waals surface area contributed by atoms with E-state index in [4.69, 9.17) is 4.74 Å². The quantitative estimate of drug-likeness (QED) is 0.545. The fraction of sp³-hybridized carbons (Fsp3) is 0.130. The number of carbonyl (C=O) groups is 2. The van der Waals surface area contributed by atoms with Crippen LogP contribution in [0.2, 0.25) is 0 Å². The van der Waals surface area contributed by atoms with Gasteiger partial charge < -0.3 is 15.4 Å². The first-order chi connectivity index (χ1) is 15.3. The molecule has 0 bridgehead atoms. The number of rotatable bonds is 8. The van der Waals surface area contributed by atoms with Crippen molar-refractivity contribution in [3.63, 3.8) is 0 Å².